The van der Waals surface area contributed by atoms with Crippen LogP contribution in [0.25, 0.3) is 0 Å². The zero-order valence-electron chi connectivity index (χ0n) is 10.9. The lowest BCUT2D eigenvalue weighted by Gasteiger charge is -2.30. The zero-order chi connectivity index (χ0) is 11.4. The van der Waals surface area contributed by atoms with Gasteiger partial charge in [0.15, 0.2) is 0 Å². The van der Waals surface area contributed by atoms with E-state index in [2.05, 4.69) is 53.8 Å². The van der Waals surface area contributed by atoms with Crippen molar-refractivity contribution < 1.29 is 4.74 Å². The second kappa shape index (κ2) is 5.13. The predicted octanol–water partition coefficient (Wildman–Crippen LogP) is 2.97. The fourth-order valence-electron chi connectivity index (χ4n) is 1.22. The molecule has 0 aliphatic heterocycles. The molecule has 0 fully saturated rings. The largest absolute Gasteiger partial charge is 0.374 e. The Balaban J connectivity index is 3.93. The highest BCUT2D eigenvalue weighted by Crippen LogP contribution is 2.10. The monoisotopic (exact) mass is 201 g/mol. The summed E-state index contributed by atoms with van der Waals surface area (Å²) in [4.78, 5) is 0. The van der Waals surface area contributed by atoms with Crippen molar-refractivity contribution in [1.82, 2.24) is 5.32 Å². The zero-order valence-corrected chi connectivity index (χ0v) is 10.9. The van der Waals surface area contributed by atoms with Gasteiger partial charge in [0, 0.05) is 11.6 Å². The van der Waals surface area contributed by atoms with Crippen LogP contribution in [0.1, 0.15) is 54.9 Å². The molecule has 1 N–H and O–H groups in total. The summed E-state index contributed by atoms with van der Waals surface area (Å²) in [6.07, 6.45) is 1.10. The molecule has 1 atom stereocenters. The lowest BCUT2D eigenvalue weighted by Crippen LogP contribution is -2.46. The van der Waals surface area contributed by atoms with E-state index < -0.39 is 0 Å². The first-order valence-corrected chi connectivity index (χ1v) is 5.56. The quantitative estimate of drug-likeness (QED) is 0.755. The minimum absolute atomic E-state index is 0.0347. The van der Waals surface area contributed by atoms with Gasteiger partial charge in [0.05, 0.1) is 12.2 Å². The van der Waals surface area contributed by atoms with Crippen LogP contribution in [0.15, 0.2) is 0 Å². The molecule has 0 aliphatic rings. The van der Waals surface area contributed by atoms with Crippen molar-refractivity contribution in [1.29, 1.82) is 0 Å². The molecule has 0 aromatic rings. The van der Waals surface area contributed by atoms with E-state index in [-0.39, 0.29) is 11.1 Å². The molecule has 2 heteroatoms. The summed E-state index contributed by atoms with van der Waals surface area (Å²) in [6, 6.07) is 0.453. The molecule has 0 bridgehead atoms. The summed E-state index contributed by atoms with van der Waals surface area (Å²) < 4.78 is 5.77. The van der Waals surface area contributed by atoms with Gasteiger partial charge in [-0.15, -0.1) is 0 Å². The smallest absolute Gasteiger partial charge is 0.0626 e. The number of nitrogens with one attached hydrogen (secondary N) is 1. The van der Waals surface area contributed by atoms with Crippen LogP contribution < -0.4 is 5.32 Å². The Morgan fingerprint density at radius 1 is 1.07 bits per heavy atom. The van der Waals surface area contributed by atoms with Crippen LogP contribution >= 0.6 is 0 Å². The standard InChI is InChI=1S/C12H27NO/c1-8-10(13-11(2,3)4)9-14-12(5,6)7/h10,13H,8-9H2,1-7H3/t10-/m0/s1. The van der Waals surface area contributed by atoms with Crippen LogP contribution in [0.5, 0.6) is 0 Å². The highest BCUT2D eigenvalue weighted by atomic mass is 16.5. The van der Waals surface area contributed by atoms with Gasteiger partial charge >= 0.3 is 0 Å². The van der Waals surface area contributed by atoms with Crippen molar-refractivity contribution in [3.63, 3.8) is 0 Å². The third kappa shape index (κ3) is 8.52. The third-order valence-corrected chi connectivity index (χ3v) is 1.85. The van der Waals surface area contributed by atoms with Gasteiger partial charge in [-0.05, 0) is 48.0 Å². The number of rotatable bonds is 4. The minimum atomic E-state index is -0.0347. The molecule has 0 amide bonds. The van der Waals surface area contributed by atoms with E-state index in [1.54, 1.807) is 0 Å². The highest BCUT2D eigenvalue weighted by Gasteiger charge is 2.18. The molecule has 0 rings (SSSR count). The number of hydrogen-bond donors (Lipinski definition) is 1. The second-order valence-corrected chi connectivity index (χ2v) is 5.92. The third-order valence-electron chi connectivity index (χ3n) is 1.85. The number of ether oxygens (including phenoxy) is 1. The summed E-state index contributed by atoms with van der Waals surface area (Å²) in [7, 11) is 0. The minimum Gasteiger partial charge on any atom is -0.374 e. The molecule has 0 spiro atoms. The molecule has 0 saturated heterocycles. The fraction of sp³-hybridized carbons (Fsp3) is 1.00. The van der Waals surface area contributed by atoms with Gasteiger partial charge in [-0.2, -0.15) is 0 Å². The van der Waals surface area contributed by atoms with Crippen LogP contribution in [-0.4, -0.2) is 23.8 Å². The van der Waals surface area contributed by atoms with E-state index in [4.69, 9.17) is 4.74 Å². The molecular formula is C12H27NO. The molecule has 0 saturated carbocycles. The highest BCUT2D eigenvalue weighted by molar-refractivity contribution is 4.77. The Morgan fingerprint density at radius 2 is 1.57 bits per heavy atom. The molecule has 0 radical (unpaired) electrons. The molecule has 0 unspecified atom stereocenters. The predicted molar refractivity (Wildman–Crippen MR) is 62.7 cm³/mol. The molecular weight excluding hydrogens is 174 g/mol. The van der Waals surface area contributed by atoms with E-state index in [9.17, 15) is 0 Å². The maximum Gasteiger partial charge on any atom is 0.0626 e. The first-order valence-electron chi connectivity index (χ1n) is 5.56. The van der Waals surface area contributed by atoms with Gasteiger partial charge in [0.2, 0.25) is 0 Å². The Morgan fingerprint density at radius 3 is 1.86 bits per heavy atom. The Hall–Kier alpha value is -0.0800. The van der Waals surface area contributed by atoms with Gasteiger partial charge < -0.3 is 10.1 Å². The molecule has 0 aliphatic carbocycles. The van der Waals surface area contributed by atoms with Crippen LogP contribution in [-0.2, 0) is 4.74 Å². The molecule has 2 nitrogen and oxygen atoms in total. The van der Waals surface area contributed by atoms with Crippen molar-refractivity contribution in [3.8, 4) is 0 Å². The Kier molecular flexibility index (Phi) is 5.10. The van der Waals surface area contributed by atoms with Gasteiger partial charge in [-0.1, -0.05) is 6.92 Å². The lowest BCUT2D eigenvalue weighted by molar-refractivity contribution is -0.0178. The summed E-state index contributed by atoms with van der Waals surface area (Å²) in [5, 5.41) is 3.55. The molecule has 0 heterocycles. The summed E-state index contributed by atoms with van der Waals surface area (Å²) in [5.41, 5.74) is 0.134. The van der Waals surface area contributed by atoms with E-state index in [1.807, 2.05) is 0 Å². The molecule has 86 valence electrons. The number of hydrogen-bond acceptors (Lipinski definition) is 2. The van der Waals surface area contributed by atoms with Gasteiger partial charge in [-0.25, -0.2) is 0 Å². The summed E-state index contributed by atoms with van der Waals surface area (Å²) >= 11 is 0. The Bertz CT molecular complexity index is 153. The van der Waals surface area contributed by atoms with Gasteiger partial charge in [0.1, 0.15) is 0 Å². The first kappa shape index (κ1) is 13.9. The van der Waals surface area contributed by atoms with Crippen LogP contribution in [0.3, 0.4) is 0 Å². The van der Waals surface area contributed by atoms with Crippen molar-refractivity contribution in [3.05, 3.63) is 0 Å². The molecule has 0 aromatic heterocycles. The van der Waals surface area contributed by atoms with Crippen molar-refractivity contribution in [2.45, 2.75) is 72.1 Å². The van der Waals surface area contributed by atoms with Crippen LogP contribution in [0.2, 0.25) is 0 Å². The molecule has 14 heavy (non-hydrogen) atoms. The van der Waals surface area contributed by atoms with Gasteiger partial charge in [0.25, 0.3) is 0 Å². The molecule has 0 aromatic carbocycles. The average Bonchev–Trinajstić information content (AvgIpc) is 1.94. The summed E-state index contributed by atoms with van der Waals surface area (Å²) in [6.45, 7) is 15.8. The Labute approximate surface area is 89.4 Å². The second-order valence-electron chi connectivity index (χ2n) is 5.92. The maximum absolute atomic E-state index is 5.77. The lowest BCUT2D eigenvalue weighted by atomic mass is 10.1. The van der Waals surface area contributed by atoms with Crippen molar-refractivity contribution in [2.24, 2.45) is 0 Å². The van der Waals surface area contributed by atoms with Crippen LogP contribution in [0, 0.1) is 0 Å². The average molecular weight is 201 g/mol. The van der Waals surface area contributed by atoms with Crippen molar-refractivity contribution in [2.75, 3.05) is 6.61 Å². The van der Waals surface area contributed by atoms with Crippen LogP contribution in [0.4, 0.5) is 0 Å². The topological polar surface area (TPSA) is 21.3 Å². The van der Waals surface area contributed by atoms with Crippen molar-refractivity contribution >= 4 is 0 Å². The van der Waals surface area contributed by atoms with E-state index >= 15 is 0 Å². The summed E-state index contributed by atoms with van der Waals surface area (Å²) in [5.74, 6) is 0. The van der Waals surface area contributed by atoms with E-state index in [0.717, 1.165) is 13.0 Å². The first-order chi connectivity index (χ1) is 6.14. The van der Waals surface area contributed by atoms with E-state index in [1.165, 1.54) is 0 Å². The SMILES string of the molecule is CC[C@@H](COC(C)(C)C)NC(C)(C)C. The van der Waals surface area contributed by atoms with E-state index in [0.29, 0.717) is 6.04 Å². The maximum atomic E-state index is 5.77. The normalized spacial score (nSPS) is 15.6. The van der Waals surface area contributed by atoms with Gasteiger partial charge in [-0.3, -0.25) is 0 Å². The fourth-order valence-corrected chi connectivity index (χ4v) is 1.22.